The summed E-state index contributed by atoms with van der Waals surface area (Å²) in [6, 6.07) is 3.62. The summed E-state index contributed by atoms with van der Waals surface area (Å²) in [5, 5.41) is 14.4. The number of amides is 2. The van der Waals surface area contributed by atoms with E-state index >= 15 is 0 Å². The lowest BCUT2D eigenvalue weighted by Gasteiger charge is -2.38. The Morgan fingerprint density at radius 2 is 2.05 bits per heavy atom. The molecule has 5 nitrogen and oxygen atoms in total. The average molecular weight is 282 g/mol. The molecule has 19 heavy (non-hydrogen) atoms. The molecule has 6 heteroatoms. The van der Waals surface area contributed by atoms with Crippen LogP contribution in [-0.4, -0.2) is 22.6 Å². The molecule has 0 saturated heterocycles. The molecule has 0 unspecified atom stereocenters. The largest absolute Gasteiger partial charge is 0.480 e. The van der Waals surface area contributed by atoms with Gasteiger partial charge in [-0.1, -0.05) is 6.92 Å². The van der Waals surface area contributed by atoms with Crippen molar-refractivity contribution in [2.45, 2.75) is 44.7 Å². The Balaban J connectivity index is 1.83. The summed E-state index contributed by atoms with van der Waals surface area (Å²) in [7, 11) is 0. The summed E-state index contributed by atoms with van der Waals surface area (Å²) in [6.07, 6.45) is 2.85. The van der Waals surface area contributed by atoms with Gasteiger partial charge >= 0.3 is 12.0 Å². The standard InChI is InChI=1S/C13H18N2O3S/c1-2-9-4-5-10(19-9)8-14-12(18)15-13(11(16)17)6-3-7-13/h4-5H,2-3,6-8H2,1H3,(H,16,17)(H2,14,15,18). The third-order valence-electron chi connectivity index (χ3n) is 3.46. The molecule has 1 fully saturated rings. The van der Waals surface area contributed by atoms with E-state index in [2.05, 4.69) is 17.6 Å². The third kappa shape index (κ3) is 3.07. The lowest BCUT2D eigenvalue weighted by Crippen LogP contribution is -2.61. The fraction of sp³-hybridized carbons (Fsp3) is 0.538. The van der Waals surface area contributed by atoms with Crippen molar-refractivity contribution in [3.63, 3.8) is 0 Å². The molecule has 0 radical (unpaired) electrons. The minimum Gasteiger partial charge on any atom is -0.480 e. The summed E-state index contributed by atoms with van der Waals surface area (Å²) in [4.78, 5) is 25.2. The molecule has 0 aliphatic heterocycles. The van der Waals surface area contributed by atoms with Crippen molar-refractivity contribution >= 4 is 23.3 Å². The van der Waals surface area contributed by atoms with Gasteiger partial charge in [-0.2, -0.15) is 0 Å². The van der Waals surface area contributed by atoms with Crippen molar-refractivity contribution in [3.05, 3.63) is 21.9 Å². The number of rotatable bonds is 5. The van der Waals surface area contributed by atoms with Crippen molar-refractivity contribution in [2.24, 2.45) is 0 Å². The van der Waals surface area contributed by atoms with Crippen molar-refractivity contribution in [3.8, 4) is 0 Å². The van der Waals surface area contributed by atoms with E-state index < -0.39 is 17.5 Å². The lowest BCUT2D eigenvalue weighted by molar-refractivity contribution is -0.148. The van der Waals surface area contributed by atoms with Crippen molar-refractivity contribution in [1.82, 2.24) is 10.6 Å². The number of carbonyl (C=O) groups excluding carboxylic acids is 1. The molecular weight excluding hydrogens is 264 g/mol. The first-order valence-electron chi connectivity index (χ1n) is 6.43. The van der Waals surface area contributed by atoms with Crippen molar-refractivity contribution in [1.29, 1.82) is 0 Å². The van der Waals surface area contributed by atoms with Gasteiger partial charge in [0, 0.05) is 9.75 Å². The van der Waals surface area contributed by atoms with Gasteiger partial charge in [-0.05, 0) is 37.8 Å². The highest BCUT2D eigenvalue weighted by Gasteiger charge is 2.45. The highest BCUT2D eigenvalue weighted by molar-refractivity contribution is 7.11. The quantitative estimate of drug-likeness (QED) is 0.774. The van der Waals surface area contributed by atoms with Gasteiger partial charge in [0.1, 0.15) is 5.54 Å². The molecule has 104 valence electrons. The second-order valence-electron chi connectivity index (χ2n) is 4.77. The Morgan fingerprint density at radius 3 is 2.53 bits per heavy atom. The van der Waals surface area contributed by atoms with E-state index in [-0.39, 0.29) is 0 Å². The van der Waals surface area contributed by atoms with Crippen LogP contribution in [0.2, 0.25) is 0 Å². The molecule has 2 amide bonds. The second-order valence-corrected chi connectivity index (χ2v) is 6.02. The van der Waals surface area contributed by atoms with Crippen LogP contribution >= 0.6 is 11.3 Å². The maximum absolute atomic E-state index is 11.7. The highest BCUT2D eigenvalue weighted by Crippen LogP contribution is 2.31. The van der Waals surface area contributed by atoms with Gasteiger partial charge in [0.05, 0.1) is 6.54 Å². The number of carboxylic acid groups (broad SMARTS) is 1. The maximum atomic E-state index is 11.7. The summed E-state index contributed by atoms with van der Waals surface area (Å²) in [6.45, 7) is 2.52. The predicted octanol–water partition coefficient (Wildman–Crippen LogP) is 2.12. The van der Waals surface area contributed by atoms with Crippen LogP contribution < -0.4 is 10.6 Å². The monoisotopic (exact) mass is 282 g/mol. The molecule has 0 atom stereocenters. The van der Waals surface area contributed by atoms with Crippen molar-refractivity contribution in [2.75, 3.05) is 0 Å². The minimum atomic E-state index is -1.05. The van der Waals surface area contributed by atoms with E-state index in [1.165, 1.54) is 4.88 Å². The van der Waals surface area contributed by atoms with Crippen molar-refractivity contribution < 1.29 is 14.7 Å². The summed E-state index contributed by atoms with van der Waals surface area (Å²) >= 11 is 1.66. The van der Waals surface area contributed by atoms with Crippen LogP contribution in [0.15, 0.2) is 12.1 Å². The lowest BCUT2D eigenvalue weighted by atomic mass is 9.77. The van der Waals surface area contributed by atoms with E-state index in [0.29, 0.717) is 19.4 Å². The first kappa shape index (κ1) is 13.9. The molecule has 0 bridgehead atoms. The molecule has 1 aliphatic rings. The molecule has 1 aromatic rings. The Morgan fingerprint density at radius 1 is 1.37 bits per heavy atom. The number of carbonyl (C=O) groups is 2. The van der Waals surface area contributed by atoms with E-state index in [9.17, 15) is 9.59 Å². The number of hydrogen-bond acceptors (Lipinski definition) is 3. The predicted molar refractivity (Wildman–Crippen MR) is 73.3 cm³/mol. The van der Waals surface area contributed by atoms with Crippen LogP contribution in [0.4, 0.5) is 4.79 Å². The smallest absolute Gasteiger partial charge is 0.329 e. The molecule has 3 N–H and O–H groups in total. The number of urea groups is 1. The van der Waals surface area contributed by atoms with Gasteiger partial charge in [0.15, 0.2) is 0 Å². The Labute approximate surface area is 116 Å². The molecule has 1 heterocycles. The number of hydrogen-bond donors (Lipinski definition) is 3. The molecule has 1 aromatic heterocycles. The average Bonchev–Trinajstić information content (AvgIpc) is 2.78. The van der Waals surface area contributed by atoms with E-state index in [0.717, 1.165) is 17.7 Å². The van der Waals surface area contributed by atoms with Crippen LogP contribution in [-0.2, 0) is 17.8 Å². The first-order chi connectivity index (χ1) is 9.05. The van der Waals surface area contributed by atoms with Crippen LogP contribution in [0.3, 0.4) is 0 Å². The third-order valence-corrected chi connectivity index (χ3v) is 4.69. The molecule has 2 rings (SSSR count). The number of thiophene rings is 1. The highest BCUT2D eigenvalue weighted by atomic mass is 32.1. The van der Waals surface area contributed by atoms with E-state index in [1.807, 2.05) is 12.1 Å². The molecular formula is C13H18N2O3S. The zero-order chi connectivity index (χ0) is 13.9. The number of nitrogens with one attached hydrogen (secondary N) is 2. The number of aliphatic carboxylic acids is 1. The molecule has 1 saturated carbocycles. The van der Waals surface area contributed by atoms with Crippen LogP contribution in [0.25, 0.3) is 0 Å². The van der Waals surface area contributed by atoms with Crippen LogP contribution in [0.5, 0.6) is 0 Å². The summed E-state index contributed by atoms with van der Waals surface area (Å²) in [5.41, 5.74) is -1.05. The van der Waals surface area contributed by atoms with E-state index in [1.54, 1.807) is 11.3 Å². The van der Waals surface area contributed by atoms with Crippen LogP contribution in [0, 0.1) is 0 Å². The van der Waals surface area contributed by atoms with Gasteiger partial charge < -0.3 is 15.7 Å². The Bertz CT molecular complexity index is 480. The fourth-order valence-electron chi connectivity index (χ4n) is 2.06. The van der Waals surface area contributed by atoms with Gasteiger partial charge in [-0.15, -0.1) is 11.3 Å². The summed E-state index contributed by atoms with van der Waals surface area (Å²) in [5.74, 6) is -0.946. The second kappa shape index (κ2) is 5.61. The number of aryl methyl sites for hydroxylation is 1. The molecule has 0 aromatic carbocycles. The molecule has 0 spiro atoms. The number of carboxylic acids is 1. The molecule has 1 aliphatic carbocycles. The van der Waals surface area contributed by atoms with Gasteiger partial charge in [0.2, 0.25) is 0 Å². The van der Waals surface area contributed by atoms with Crippen LogP contribution in [0.1, 0.15) is 35.9 Å². The first-order valence-corrected chi connectivity index (χ1v) is 7.24. The minimum absolute atomic E-state index is 0.409. The van der Waals surface area contributed by atoms with E-state index in [4.69, 9.17) is 5.11 Å². The zero-order valence-electron chi connectivity index (χ0n) is 10.9. The van der Waals surface area contributed by atoms with Gasteiger partial charge in [-0.3, -0.25) is 0 Å². The Hall–Kier alpha value is -1.56. The summed E-state index contributed by atoms with van der Waals surface area (Å²) < 4.78 is 0. The van der Waals surface area contributed by atoms with Gasteiger partial charge in [0.25, 0.3) is 0 Å². The van der Waals surface area contributed by atoms with Gasteiger partial charge in [-0.25, -0.2) is 9.59 Å². The zero-order valence-corrected chi connectivity index (χ0v) is 11.7. The normalized spacial score (nSPS) is 16.5. The maximum Gasteiger partial charge on any atom is 0.329 e. The topological polar surface area (TPSA) is 78.4 Å². The fourth-order valence-corrected chi connectivity index (χ4v) is 2.96. The SMILES string of the molecule is CCc1ccc(CNC(=O)NC2(C(=O)O)CCC2)s1. The Kier molecular flexibility index (Phi) is 4.09.